The highest BCUT2D eigenvalue weighted by atomic mass is 19.1. The number of halogens is 1. The van der Waals surface area contributed by atoms with Gasteiger partial charge in [-0.3, -0.25) is 4.68 Å². The number of nitrogens with zero attached hydrogens (tertiary/aromatic N) is 3. The van der Waals surface area contributed by atoms with Crippen molar-refractivity contribution >= 4 is 5.69 Å². The van der Waals surface area contributed by atoms with Crippen LogP contribution in [-0.2, 0) is 6.54 Å². The van der Waals surface area contributed by atoms with Gasteiger partial charge in [0.25, 0.3) is 0 Å². The first kappa shape index (κ1) is 14.5. The van der Waals surface area contributed by atoms with Crippen molar-refractivity contribution in [3.63, 3.8) is 0 Å². The van der Waals surface area contributed by atoms with Crippen LogP contribution in [0.4, 0.5) is 10.1 Å². The molecule has 4 nitrogen and oxygen atoms in total. The van der Waals surface area contributed by atoms with E-state index in [1.54, 1.807) is 12.1 Å². The molecule has 1 aromatic carbocycles. The van der Waals surface area contributed by atoms with Crippen molar-refractivity contribution in [3.05, 3.63) is 48.0 Å². The maximum absolute atomic E-state index is 13.9. The molecule has 0 radical (unpaired) electrons. The number of hydrogen-bond acceptors (Lipinski definition) is 3. The Morgan fingerprint density at radius 3 is 2.80 bits per heavy atom. The van der Waals surface area contributed by atoms with Crippen LogP contribution in [0, 0.1) is 5.82 Å². The van der Waals surface area contributed by atoms with Crippen LogP contribution < -0.4 is 10.6 Å². The number of likely N-dealkylation sites (N-methyl/N-ethyl adjacent to an activating group) is 1. The molecule has 2 rings (SSSR count). The molecule has 2 N–H and O–H groups in total. The largest absolute Gasteiger partial charge is 0.364 e. The van der Waals surface area contributed by atoms with E-state index in [0.717, 1.165) is 18.5 Å². The Bertz CT molecular complexity index is 552. The highest BCUT2D eigenvalue weighted by molar-refractivity contribution is 5.49. The van der Waals surface area contributed by atoms with Gasteiger partial charge >= 0.3 is 0 Å². The fourth-order valence-electron chi connectivity index (χ4n) is 2.33. The predicted octanol–water partition coefficient (Wildman–Crippen LogP) is 2.57. The molecule has 0 amide bonds. The summed E-state index contributed by atoms with van der Waals surface area (Å²) in [6, 6.07) is 6.64. The van der Waals surface area contributed by atoms with Crippen molar-refractivity contribution in [2.45, 2.75) is 25.9 Å². The molecule has 0 saturated carbocycles. The van der Waals surface area contributed by atoms with Crippen molar-refractivity contribution in [2.24, 2.45) is 5.73 Å². The maximum atomic E-state index is 13.9. The monoisotopic (exact) mass is 276 g/mol. The fourth-order valence-corrected chi connectivity index (χ4v) is 2.33. The van der Waals surface area contributed by atoms with Gasteiger partial charge in [-0.05, 0) is 18.6 Å². The average molecular weight is 276 g/mol. The SMILES string of the molecule is CCCn1cc(C(CN)N(C)c2ccccc2F)cn1. The molecule has 1 aromatic heterocycles. The summed E-state index contributed by atoms with van der Waals surface area (Å²) >= 11 is 0. The zero-order valence-electron chi connectivity index (χ0n) is 12.0. The third kappa shape index (κ3) is 2.99. The standard InChI is InChI=1S/C15H21FN4/c1-3-8-20-11-12(10-18-20)15(9-17)19(2)14-7-5-4-6-13(14)16/h4-7,10-11,15H,3,8-9,17H2,1-2H3. The van der Waals surface area contributed by atoms with Crippen LogP contribution in [0.2, 0.25) is 0 Å². The lowest BCUT2D eigenvalue weighted by Gasteiger charge is -2.28. The van der Waals surface area contributed by atoms with E-state index >= 15 is 0 Å². The highest BCUT2D eigenvalue weighted by Crippen LogP contribution is 2.26. The molecule has 1 atom stereocenters. The second-order valence-corrected chi connectivity index (χ2v) is 4.85. The van der Waals surface area contributed by atoms with Crippen LogP contribution in [0.25, 0.3) is 0 Å². The van der Waals surface area contributed by atoms with E-state index in [0.29, 0.717) is 12.2 Å². The number of benzene rings is 1. The van der Waals surface area contributed by atoms with Gasteiger partial charge < -0.3 is 10.6 Å². The van der Waals surface area contributed by atoms with Gasteiger partial charge in [-0.2, -0.15) is 5.10 Å². The van der Waals surface area contributed by atoms with Gasteiger partial charge in [0.05, 0.1) is 17.9 Å². The van der Waals surface area contributed by atoms with E-state index in [1.807, 2.05) is 35.1 Å². The molecular weight excluding hydrogens is 255 g/mol. The van der Waals surface area contributed by atoms with E-state index < -0.39 is 0 Å². The molecule has 0 aliphatic rings. The zero-order chi connectivity index (χ0) is 14.5. The predicted molar refractivity (Wildman–Crippen MR) is 79.1 cm³/mol. The minimum Gasteiger partial charge on any atom is -0.364 e. The summed E-state index contributed by atoms with van der Waals surface area (Å²) in [5.74, 6) is -0.241. The van der Waals surface area contributed by atoms with Gasteiger partial charge in [0.2, 0.25) is 0 Å². The molecule has 0 aliphatic carbocycles. The van der Waals surface area contributed by atoms with Crippen LogP contribution in [0.15, 0.2) is 36.7 Å². The van der Waals surface area contributed by atoms with E-state index in [2.05, 4.69) is 12.0 Å². The van der Waals surface area contributed by atoms with E-state index in [4.69, 9.17) is 5.73 Å². The summed E-state index contributed by atoms with van der Waals surface area (Å²) in [7, 11) is 1.85. The quantitative estimate of drug-likeness (QED) is 0.882. The Morgan fingerprint density at radius 1 is 1.40 bits per heavy atom. The van der Waals surface area contributed by atoms with Crippen LogP contribution in [0.5, 0.6) is 0 Å². The molecule has 0 bridgehead atoms. The third-order valence-electron chi connectivity index (χ3n) is 3.41. The van der Waals surface area contributed by atoms with Gasteiger partial charge in [0.15, 0.2) is 0 Å². The van der Waals surface area contributed by atoms with Crippen molar-refractivity contribution in [2.75, 3.05) is 18.5 Å². The molecule has 0 spiro atoms. The number of rotatable bonds is 6. The molecule has 0 fully saturated rings. The maximum Gasteiger partial charge on any atom is 0.146 e. The van der Waals surface area contributed by atoms with E-state index in [1.165, 1.54) is 6.07 Å². The van der Waals surface area contributed by atoms with E-state index in [-0.39, 0.29) is 11.9 Å². The van der Waals surface area contributed by atoms with E-state index in [9.17, 15) is 4.39 Å². The number of para-hydroxylation sites is 1. The summed E-state index contributed by atoms with van der Waals surface area (Å²) in [5.41, 5.74) is 7.43. The smallest absolute Gasteiger partial charge is 0.146 e. The van der Waals surface area contributed by atoms with Gasteiger partial charge in [0, 0.05) is 31.9 Å². The summed E-state index contributed by atoms with van der Waals surface area (Å²) in [6.07, 6.45) is 4.82. The number of hydrogen-bond donors (Lipinski definition) is 1. The number of aromatic nitrogens is 2. The Balaban J connectivity index is 2.24. The molecule has 5 heteroatoms. The molecule has 0 saturated heterocycles. The van der Waals surface area contributed by atoms with Crippen LogP contribution in [0.3, 0.4) is 0 Å². The van der Waals surface area contributed by atoms with Crippen LogP contribution >= 0.6 is 0 Å². The Kier molecular flexibility index (Phi) is 4.74. The van der Waals surface area contributed by atoms with Crippen LogP contribution in [0.1, 0.15) is 24.9 Å². The van der Waals surface area contributed by atoms with Gasteiger partial charge in [-0.25, -0.2) is 4.39 Å². The molecular formula is C15H21FN4. The summed E-state index contributed by atoms with van der Waals surface area (Å²) in [4.78, 5) is 1.86. The number of nitrogens with two attached hydrogens (primary N) is 1. The first-order valence-corrected chi connectivity index (χ1v) is 6.87. The van der Waals surface area contributed by atoms with Gasteiger partial charge in [-0.15, -0.1) is 0 Å². The molecule has 0 aliphatic heterocycles. The molecule has 1 unspecified atom stereocenters. The molecule has 2 aromatic rings. The lowest BCUT2D eigenvalue weighted by Crippen LogP contribution is -2.30. The lowest BCUT2D eigenvalue weighted by atomic mass is 10.1. The molecule has 108 valence electrons. The van der Waals surface area contributed by atoms with Crippen LogP contribution in [-0.4, -0.2) is 23.4 Å². The summed E-state index contributed by atoms with van der Waals surface area (Å²) in [5, 5.41) is 4.31. The second kappa shape index (κ2) is 6.52. The fraction of sp³-hybridized carbons (Fsp3) is 0.400. The van der Waals surface area contributed by atoms with Crippen molar-refractivity contribution in [1.29, 1.82) is 0 Å². The number of anilines is 1. The Hall–Kier alpha value is -1.88. The van der Waals surface area contributed by atoms with Gasteiger partial charge in [-0.1, -0.05) is 19.1 Å². The summed E-state index contributed by atoms with van der Waals surface area (Å²) in [6.45, 7) is 3.39. The summed E-state index contributed by atoms with van der Waals surface area (Å²) < 4.78 is 15.8. The highest BCUT2D eigenvalue weighted by Gasteiger charge is 2.19. The Labute approximate surface area is 119 Å². The topological polar surface area (TPSA) is 47.1 Å². The molecule has 20 heavy (non-hydrogen) atoms. The van der Waals surface area contributed by atoms with Crippen molar-refractivity contribution in [3.8, 4) is 0 Å². The first-order valence-electron chi connectivity index (χ1n) is 6.87. The third-order valence-corrected chi connectivity index (χ3v) is 3.41. The van der Waals surface area contributed by atoms with Crippen molar-refractivity contribution < 1.29 is 4.39 Å². The lowest BCUT2D eigenvalue weighted by molar-refractivity contribution is 0.595. The molecule has 1 heterocycles. The minimum absolute atomic E-state index is 0.0856. The average Bonchev–Trinajstić information content (AvgIpc) is 2.89. The minimum atomic E-state index is -0.241. The first-order chi connectivity index (χ1) is 9.67. The van der Waals surface area contributed by atoms with Gasteiger partial charge in [0.1, 0.15) is 5.82 Å². The zero-order valence-corrected chi connectivity index (χ0v) is 12.0. The van der Waals surface area contributed by atoms with Crippen molar-refractivity contribution in [1.82, 2.24) is 9.78 Å². The Morgan fingerprint density at radius 2 is 2.15 bits per heavy atom. The second-order valence-electron chi connectivity index (χ2n) is 4.85. The number of aryl methyl sites for hydroxylation is 1. The normalized spacial score (nSPS) is 12.4.